The number of hydrogen-bond donors (Lipinski definition) is 2. The normalized spacial score (nSPS) is 18.8. The number of nitrogens with one attached hydrogen (secondary N) is 2. The fraction of sp³-hybridized carbons (Fsp3) is 0.550. The molecule has 6 amide bonds. The van der Waals surface area contributed by atoms with Gasteiger partial charge in [0.1, 0.15) is 4.34 Å². The first-order valence-electron chi connectivity index (χ1n) is 19.7. The highest BCUT2D eigenvalue weighted by Gasteiger charge is 2.36. The number of halogens is 1. The summed E-state index contributed by atoms with van der Waals surface area (Å²) in [5.41, 5.74) is 1.01. The molecule has 0 spiro atoms. The van der Waals surface area contributed by atoms with Crippen molar-refractivity contribution in [2.45, 2.75) is 115 Å². The van der Waals surface area contributed by atoms with Crippen LogP contribution < -0.4 is 10.6 Å². The smallest absolute Gasteiger partial charge is 0.324 e. The summed E-state index contributed by atoms with van der Waals surface area (Å²) in [6.07, 6.45) is 20.2. The van der Waals surface area contributed by atoms with E-state index in [1.165, 1.54) is 41.9 Å². The van der Waals surface area contributed by atoms with Gasteiger partial charge in [-0.05, 0) is 63.0 Å². The Bertz CT molecular complexity index is 1710. The number of likely N-dealkylation sites (tertiary alicyclic amines) is 2. The van der Waals surface area contributed by atoms with Gasteiger partial charge < -0.3 is 19.6 Å². The summed E-state index contributed by atoms with van der Waals surface area (Å²) in [7, 11) is 0. The van der Waals surface area contributed by atoms with Crippen molar-refractivity contribution in [3.63, 3.8) is 0 Å². The first kappa shape index (κ1) is 40.6. The standard InChI is InChI=1S/C24H29ClN4O2S.C16H24N4O2S/c25-21-17-26-23(32-21)27-24(31)29(19-9-5-2-6-10-19)20-13-15-28(16-14-20)22(30)12-11-18-7-3-1-4-8-18;1-12(21)19-9-6-14(7-10-19)20(13-4-2-3-5-13)16(22)18-15-17-8-11-23-15/h1,3-4,7-8,11-12,17,19-20H,2,5-6,9-10,13-16H2,(H,26,27,31);8,11,13-14H,2-7,9-10H2,1H3,(H,17,18,22)/b12-11+;. The van der Waals surface area contributed by atoms with Crippen molar-refractivity contribution in [2.24, 2.45) is 0 Å². The van der Waals surface area contributed by atoms with Crippen LogP contribution in [0, 0.1) is 0 Å². The number of aromatic nitrogens is 2. The van der Waals surface area contributed by atoms with Gasteiger partial charge >= 0.3 is 12.1 Å². The molecule has 4 heterocycles. The summed E-state index contributed by atoms with van der Waals surface area (Å²) in [6.45, 7) is 4.41. The quantitative estimate of drug-likeness (QED) is 0.219. The van der Waals surface area contributed by atoms with Crippen LogP contribution in [0.15, 0.2) is 54.2 Å². The maximum absolute atomic E-state index is 13.2. The Morgan fingerprint density at radius 2 is 1.25 bits per heavy atom. The molecule has 3 aromatic rings. The van der Waals surface area contributed by atoms with Crippen LogP contribution in [0.5, 0.6) is 0 Å². The van der Waals surface area contributed by atoms with Crippen LogP contribution in [0.2, 0.25) is 4.34 Å². The summed E-state index contributed by atoms with van der Waals surface area (Å²) in [5, 5.41) is 8.93. The van der Waals surface area contributed by atoms with E-state index >= 15 is 0 Å². The third-order valence-corrected chi connectivity index (χ3v) is 12.9. The van der Waals surface area contributed by atoms with Gasteiger partial charge in [-0.25, -0.2) is 19.6 Å². The molecule has 2 saturated heterocycles. The zero-order valence-electron chi connectivity index (χ0n) is 31.6. The second kappa shape index (κ2) is 20.2. The maximum Gasteiger partial charge on any atom is 0.324 e. The van der Waals surface area contributed by atoms with Crippen molar-refractivity contribution in [3.8, 4) is 0 Å². The molecule has 0 unspecified atom stereocenters. The zero-order valence-corrected chi connectivity index (χ0v) is 34.0. The second-order valence-corrected chi connectivity index (χ2v) is 17.3. The first-order valence-corrected chi connectivity index (χ1v) is 21.8. The summed E-state index contributed by atoms with van der Waals surface area (Å²) in [6, 6.07) is 10.6. The molecule has 1 aromatic carbocycles. The predicted molar refractivity (Wildman–Crippen MR) is 220 cm³/mol. The number of hydrogen-bond acceptors (Lipinski definition) is 8. The third-order valence-electron chi connectivity index (χ3n) is 11.2. The molecule has 0 bridgehead atoms. The van der Waals surface area contributed by atoms with Gasteiger partial charge in [0.05, 0.1) is 6.20 Å². The Morgan fingerprint density at radius 3 is 1.76 bits per heavy atom. The molecule has 55 heavy (non-hydrogen) atoms. The molecule has 7 rings (SSSR count). The van der Waals surface area contributed by atoms with Crippen LogP contribution in [-0.2, 0) is 9.59 Å². The van der Waals surface area contributed by atoms with Gasteiger partial charge in [-0.1, -0.05) is 85.4 Å². The molecule has 0 atom stereocenters. The molecule has 12 nitrogen and oxygen atoms in total. The Balaban J connectivity index is 0.000000197. The van der Waals surface area contributed by atoms with Crippen molar-refractivity contribution in [1.29, 1.82) is 0 Å². The Labute approximate surface area is 337 Å². The largest absolute Gasteiger partial charge is 0.343 e. The molecule has 2 N–H and O–H groups in total. The van der Waals surface area contributed by atoms with E-state index in [9.17, 15) is 19.2 Å². The number of carbonyl (C=O) groups is 4. The topological polar surface area (TPSA) is 131 Å². The highest BCUT2D eigenvalue weighted by Crippen LogP contribution is 2.31. The van der Waals surface area contributed by atoms with Crippen LogP contribution in [0.4, 0.5) is 19.9 Å². The molecule has 2 aromatic heterocycles. The summed E-state index contributed by atoms with van der Waals surface area (Å²) >= 11 is 8.69. The number of piperidine rings is 2. The fourth-order valence-corrected chi connectivity index (χ4v) is 9.69. The van der Waals surface area contributed by atoms with Gasteiger partial charge in [-0.3, -0.25) is 20.2 Å². The lowest BCUT2D eigenvalue weighted by Crippen LogP contribution is -2.54. The number of urea groups is 2. The summed E-state index contributed by atoms with van der Waals surface area (Å²) in [4.78, 5) is 66.4. The molecule has 2 saturated carbocycles. The van der Waals surface area contributed by atoms with Gasteiger partial charge in [0.25, 0.3) is 0 Å². The molecule has 2 aliphatic carbocycles. The maximum atomic E-state index is 13.2. The van der Waals surface area contributed by atoms with Gasteiger partial charge in [0, 0.05) is 74.9 Å². The Hall–Kier alpha value is -4.01. The molecule has 296 valence electrons. The number of nitrogens with zero attached hydrogens (tertiary/aromatic N) is 6. The highest BCUT2D eigenvalue weighted by atomic mass is 35.5. The van der Waals surface area contributed by atoms with Crippen LogP contribution in [-0.4, -0.2) is 104 Å². The van der Waals surface area contributed by atoms with E-state index in [4.69, 9.17) is 11.6 Å². The molecular formula is C40H53ClN8O4S2. The zero-order chi connectivity index (χ0) is 38.6. The summed E-state index contributed by atoms with van der Waals surface area (Å²) in [5.74, 6) is 0.154. The van der Waals surface area contributed by atoms with E-state index in [-0.39, 0.29) is 42.0 Å². The molecule has 4 aliphatic rings. The number of amides is 6. The monoisotopic (exact) mass is 808 g/mol. The van der Waals surface area contributed by atoms with Gasteiger partial charge in [-0.2, -0.15) is 0 Å². The first-order chi connectivity index (χ1) is 26.7. The van der Waals surface area contributed by atoms with Crippen molar-refractivity contribution in [2.75, 3.05) is 36.8 Å². The van der Waals surface area contributed by atoms with Crippen molar-refractivity contribution in [1.82, 2.24) is 29.6 Å². The number of thiazole rings is 2. The van der Waals surface area contributed by atoms with Gasteiger partial charge in [0.2, 0.25) is 11.8 Å². The van der Waals surface area contributed by atoms with E-state index in [0.717, 1.165) is 82.9 Å². The van der Waals surface area contributed by atoms with Crippen LogP contribution >= 0.6 is 34.3 Å². The van der Waals surface area contributed by atoms with Crippen molar-refractivity contribution in [3.05, 3.63) is 64.1 Å². The Kier molecular flexibility index (Phi) is 15.0. The average molecular weight is 810 g/mol. The van der Waals surface area contributed by atoms with E-state index in [0.29, 0.717) is 33.7 Å². The number of benzene rings is 1. The molecule has 2 aliphatic heterocycles. The number of carbonyl (C=O) groups excluding carboxylic acids is 4. The average Bonchev–Trinajstić information content (AvgIpc) is 4.01. The molecule has 0 radical (unpaired) electrons. The minimum atomic E-state index is -0.100. The van der Waals surface area contributed by atoms with Gasteiger partial charge in [-0.15, -0.1) is 11.3 Å². The van der Waals surface area contributed by atoms with Crippen molar-refractivity contribution >= 4 is 74.5 Å². The van der Waals surface area contributed by atoms with Crippen LogP contribution in [0.3, 0.4) is 0 Å². The highest BCUT2D eigenvalue weighted by molar-refractivity contribution is 7.19. The van der Waals surface area contributed by atoms with Crippen LogP contribution in [0.1, 0.15) is 96.0 Å². The molecule has 4 fully saturated rings. The van der Waals surface area contributed by atoms with Crippen molar-refractivity contribution < 1.29 is 19.2 Å². The second-order valence-electron chi connectivity index (χ2n) is 14.7. The third kappa shape index (κ3) is 11.5. The SMILES string of the molecule is CC(=O)N1CCC(N(C(=O)Nc2nccs2)C2CCCC2)CC1.O=C(/C=C/c1ccccc1)N1CCC(N(C(=O)Nc2ncc(Cl)s2)C2CCCCC2)CC1. The Morgan fingerprint density at radius 1 is 0.727 bits per heavy atom. The molecular weight excluding hydrogens is 756 g/mol. The van der Waals surface area contributed by atoms with E-state index < -0.39 is 0 Å². The van der Waals surface area contributed by atoms with E-state index in [2.05, 4.69) is 20.6 Å². The number of rotatable bonds is 8. The lowest BCUT2D eigenvalue weighted by Gasteiger charge is -2.43. The van der Waals surface area contributed by atoms with E-state index in [1.54, 1.807) is 25.4 Å². The predicted octanol–water partition coefficient (Wildman–Crippen LogP) is 8.60. The lowest BCUT2D eigenvalue weighted by atomic mass is 9.91. The lowest BCUT2D eigenvalue weighted by molar-refractivity contribution is -0.130. The minimum Gasteiger partial charge on any atom is -0.343 e. The summed E-state index contributed by atoms with van der Waals surface area (Å²) < 4.78 is 0.555. The minimum absolute atomic E-state index is 0.0263. The van der Waals surface area contributed by atoms with Gasteiger partial charge in [0.15, 0.2) is 10.3 Å². The fourth-order valence-electron chi connectivity index (χ4n) is 8.37. The number of anilines is 2. The van der Waals surface area contributed by atoms with E-state index in [1.807, 2.05) is 61.4 Å². The molecule has 15 heteroatoms. The van der Waals surface area contributed by atoms with Crippen LogP contribution in [0.25, 0.3) is 6.08 Å².